The average Bonchev–Trinajstić information content (AvgIpc) is 2.54. The summed E-state index contributed by atoms with van der Waals surface area (Å²) in [6, 6.07) is 8.02. The molecule has 6 heteroatoms. The minimum absolute atomic E-state index is 0. The van der Waals surface area contributed by atoms with Crippen molar-refractivity contribution in [2.45, 2.75) is 39.0 Å². The Labute approximate surface area is 168 Å². The first-order valence-electron chi connectivity index (χ1n) is 8.28. The molecule has 0 aromatic heterocycles. The van der Waals surface area contributed by atoms with Gasteiger partial charge in [0.05, 0.1) is 0 Å². The Balaban J connectivity index is 0.00000529. The lowest BCUT2D eigenvalue weighted by molar-refractivity contribution is 0.143. The molecule has 0 atom stereocenters. The van der Waals surface area contributed by atoms with Crippen molar-refractivity contribution in [2.75, 3.05) is 33.4 Å². The van der Waals surface area contributed by atoms with E-state index < -0.39 is 0 Å². The average molecular weight is 468 g/mol. The summed E-state index contributed by atoms with van der Waals surface area (Å²) >= 11 is 5.96. The van der Waals surface area contributed by atoms with Crippen LogP contribution in [-0.2, 0) is 10.2 Å². The highest BCUT2D eigenvalue weighted by atomic mass is 127. The van der Waals surface area contributed by atoms with Gasteiger partial charge in [-0.15, -0.1) is 24.0 Å². The summed E-state index contributed by atoms with van der Waals surface area (Å²) in [5, 5.41) is 7.51. The van der Waals surface area contributed by atoms with Crippen molar-refractivity contribution in [2.24, 2.45) is 4.99 Å². The van der Waals surface area contributed by atoms with Crippen molar-refractivity contribution in [1.82, 2.24) is 10.6 Å². The van der Waals surface area contributed by atoms with Gasteiger partial charge in [0.25, 0.3) is 0 Å². The van der Waals surface area contributed by atoms with E-state index in [1.165, 1.54) is 5.56 Å². The topological polar surface area (TPSA) is 45.6 Å². The molecule has 0 spiro atoms. The predicted molar refractivity (Wildman–Crippen MR) is 115 cm³/mol. The van der Waals surface area contributed by atoms with E-state index in [0.29, 0.717) is 0 Å². The van der Waals surface area contributed by atoms with Gasteiger partial charge >= 0.3 is 0 Å². The van der Waals surface area contributed by atoms with Crippen LogP contribution in [0.3, 0.4) is 0 Å². The van der Waals surface area contributed by atoms with Gasteiger partial charge in [0.1, 0.15) is 0 Å². The zero-order valence-corrected chi connectivity index (χ0v) is 18.3. The van der Waals surface area contributed by atoms with Crippen molar-refractivity contribution < 1.29 is 4.74 Å². The van der Waals surface area contributed by atoms with Crippen LogP contribution in [0.15, 0.2) is 29.3 Å². The van der Waals surface area contributed by atoms with Crippen molar-refractivity contribution in [3.05, 3.63) is 34.9 Å². The van der Waals surface area contributed by atoms with Crippen LogP contribution in [0.2, 0.25) is 5.02 Å². The van der Waals surface area contributed by atoms with Crippen molar-refractivity contribution in [1.29, 1.82) is 0 Å². The van der Waals surface area contributed by atoms with Gasteiger partial charge in [-0.2, -0.15) is 0 Å². The second kappa shape index (κ2) is 12.8. The summed E-state index contributed by atoms with van der Waals surface area (Å²) in [6.45, 7) is 9.75. The number of nitrogens with zero attached hydrogens (tertiary/aromatic N) is 1. The van der Waals surface area contributed by atoms with Crippen LogP contribution in [0.5, 0.6) is 0 Å². The lowest BCUT2D eigenvalue weighted by atomic mass is 9.85. The largest absolute Gasteiger partial charge is 0.382 e. The van der Waals surface area contributed by atoms with Gasteiger partial charge < -0.3 is 15.4 Å². The van der Waals surface area contributed by atoms with Crippen LogP contribution in [0, 0.1) is 0 Å². The first kappa shape index (κ1) is 23.5. The Hall–Kier alpha value is -0.530. The lowest BCUT2D eigenvalue weighted by Crippen LogP contribution is -2.43. The monoisotopic (exact) mass is 467 g/mol. The number of unbranched alkanes of at least 4 members (excludes halogenated alkanes) is 1. The maximum atomic E-state index is 5.96. The molecule has 0 heterocycles. The van der Waals surface area contributed by atoms with E-state index in [2.05, 4.69) is 41.6 Å². The number of rotatable bonds is 9. The number of benzene rings is 1. The molecule has 0 aliphatic heterocycles. The van der Waals surface area contributed by atoms with E-state index >= 15 is 0 Å². The molecule has 0 radical (unpaired) electrons. The maximum absolute atomic E-state index is 5.96. The first-order chi connectivity index (χ1) is 11.0. The van der Waals surface area contributed by atoms with E-state index in [1.807, 2.05) is 19.1 Å². The number of ether oxygens (including phenoxy) is 1. The molecule has 0 aliphatic carbocycles. The molecule has 24 heavy (non-hydrogen) atoms. The molecule has 138 valence electrons. The predicted octanol–water partition coefficient (Wildman–Crippen LogP) is 4.22. The highest BCUT2D eigenvalue weighted by molar-refractivity contribution is 14.0. The zero-order chi connectivity index (χ0) is 17.1. The molecule has 0 aliphatic rings. The molecule has 4 nitrogen and oxygen atoms in total. The van der Waals surface area contributed by atoms with Crippen LogP contribution in [-0.4, -0.2) is 39.3 Å². The molecule has 1 rings (SSSR count). The highest BCUT2D eigenvalue weighted by Crippen LogP contribution is 2.23. The summed E-state index contributed by atoms with van der Waals surface area (Å²) in [5.41, 5.74) is 1.25. The molecule has 0 bridgehead atoms. The SMILES string of the molecule is CCOCCCCNC(=NC)NCC(C)(C)c1ccc(Cl)cc1.I. The quantitative estimate of drug-likeness (QED) is 0.247. The molecule has 0 saturated heterocycles. The summed E-state index contributed by atoms with van der Waals surface area (Å²) < 4.78 is 5.33. The van der Waals surface area contributed by atoms with Crippen molar-refractivity contribution in [3.63, 3.8) is 0 Å². The number of guanidine groups is 1. The third-order valence-electron chi connectivity index (χ3n) is 3.76. The lowest BCUT2D eigenvalue weighted by Gasteiger charge is -2.27. The van der Waals surface area contributed by atoms with Gasteiger partial charge in [-0.25, -0.2) is 0 Å². The molecule has 0 fully saturated rings. The Morgan fingerprint density at radius 3 is 2.42 bits per heavy atom. The van der Waals surface area contributed by atoms with Gasteiger partial charge in [-0.1, -0.05) is 37.6 Å². The molecule has 0 saturated carbocycles. The second-order valence-electron chi connectivity index (χ2n) is 6.15. The van der Waals surface area contributed by atoms with Crippen LogP contribution in [0.1, 0.15) is 39.2 Å². The van der Waals surface area contributed by atoms with Crippen molar-refractivity contribution >= 4 is 41.5 Å². The van der Waals surface area contributed by atoms with Gasteiger partial charge in [0, 0.05) is 43.8 Å². The standard InChI is InChI=1S/C18H30ClN3O.HI/c1-5-23-13-7-6-12-21-17(20-4)22-14-18(2,3)15-8-10-16(19)11-9-15;/h8-11H,5-7,12-14H2,1-4H3,(H2,20,21,22);1H. The third kappa shape index (κ3) is 9.08. The van der Waals surface area contributed by atoms with Gasteiger partial charge in [-0.3, -0.25) is 4.99 Å². The third-order valence-corrected chi connectivity index (χ3v) is 4.01. The maximum Gasteiger partial charge on any atom is 0.191 e. The van der Waals surface area contributed by atoms with E-state index in [0.717, 1.165) is 50.1 Å². The molecular weight excluding hydrogens is 437 g/mol. The zero-order valence-electron chi connectivity index (χ0n) is 15.2. The molecule has 0 unspecified atom stereocenters. The molecule has 1 aromatic carbocycles. The Morgan fingerprint density at radius 2 is 1.83 bits per heavy atom. The van der Waals surface area contributed by atoms with Crippen molar-refractivity contribution in [3.8, 4) is 0 Å². The van der Waals surface area contributed by atoms with Crippen LogP contribution in [0.4, 0.5) is 0 Å². The van der Waals surface area contributed by atoms with Gasteiger partial charge in [0.2, 0.25) is 0 Å². The molecular formula is C18H31ClIN3O. The minimum Gasteiger partial charge on any atom is -0.382 e. The van der Waals surface area contributed by atoms with Crippen LogP contribution in [0.25, 0.3) is 0 Å². The summed E-state index contributed by atoms with van der Waals surface area (Å²) in [4.78, 5) is 4.27. The smallest absolute Gasteiger partial charge is 0.191 e. The fourth-order valence-corrected chi connectivity index (χ4v) is 2.33. The first-order valence-corrected chi connectivity index (χ1v) is 8.65. The fourth-order valence-electron chi connectivity index (χ4n) is 2.21. The second-order valence-corrected chi connectivity index (χ2v) is 6.58. The Kier molecular flexibility index (Phi) is 12.5. The molecule has 2 N–H and O–H groups in total. The van der Waals surface area contributed by atoms with E-state index in [4.69, 9.17) is 16.3 Å². The molecule has 0 amide bonds. The number of nitrogens with one attached hydrogen (secondary N) is 2. The van der Waals surface area contributed by atoms with E-state index in [1.54, 1.807) is 7.05 Å². The van der Waals surface area contributed by atoms with E-state index in [-0.39, 0.29) is 29.4 Å². The minimum atomic E-state index is -0.00280. The van der Waals surface area contributed by atoms with Crippen LogP contribution < -0.4 is 10.6 Å². The Morgan fingerprint density at radius 1 is 1.17 bits per heavy atom. The number of aliphatic imine (C=N–C) groups is 1. The normalized spacial score (nSPS) is 11.8. The highest BCUT2D eigenvalue weighted by Gasteiger charge is 2.20. The Bertz CT molecular complexity index is 478. The fraction of sp³-hybridized carbons (Fsp3) is 0.611. The van der Waals surface area contributed by atoms with Gasteiger partial charge in [-0.05, 0) is 37.5 Å². The summed E-state index contributed by atoms with van der Waals surface area (Å²) in [6.07, 6.45) is 2.13. The number of halogens is 2. The number of hydrogen-bond donors (Lipinski definition) is 2. The number of hydrogen-bond acceptors (Lipinski definition) is 2. The summed E-state index contributed by atoms with van der Waals surface area (Å²) in [7, 11) is 1.80. The van der Waals surface area contributed by atoms with Crippen LogP contribution >= 0.6 is 35.6 Å². The van der Waals surface area contributed by atoms with E-state index in [9.17, 15) is 0 Å². The summed E-state index contributed by atoms with van der Waals surface area (Å²) in [5.74, 6) is 0.837. The molecule has 1 aromatic rings. The van der Waals surface area contributed by atoms with Gasteiger partial charge in [0.15, 0.2) is 5.96 Å².